The van der Waals surface area contributed by atoms with E-state index in [1.54, 1.807) is 18.3 Å². The Morgan fingerprint density at radius 1 is 1.08 bits per heavy atom. The van der Waals surface area contributed by atoms with Crippen LogP contribution in [0.25, 0.3) is 10.9 Å². The van der Waals surface area contributed by atoms with Gasteiger partial charge < -0.3 is 10.6 Å². The van der Waals surface area contributed by atoms with Gasteiger partial charge in [0.1, 0.15) is 11.6 Å². The Bertz CT molecular complexity index is 949. The third-order valence-corrected chi connectivity index (χ3v) is 4.07. The molecule has 0 aliphatic carbocycles. The Kier molecular flexibility index (Phi) is 5.63. The number of nitrogens with zero attached hydrogens (tertiary/aromatic N) is 1. The fraction of sp³-hybridized carbons (Fsp3) is 0.158. The van der Waals surface area contributed by atoms with Gasteiger partial charge in [-0.3, -0.25) is 9.78 Å². The van der Waals surface area contributed by atoms with Gasteiger partial charge in [-0.15, -0.1) is 0 Å². The highest BCUT2D eigenvalue weighted by Gasteiger charge is 2.11. The average molecular weight is 376 g/mol. The number of benzene rings is 2. The number of hydrogen-bond donors (Lipinski definition) is 2. The molecule has 3 aromatic rings. The first kappa shape index (κ1) is 18.1. The SMILES string of the molecule is O=C(NCCCNc1ccnc2cc(Cl)ccc12)c1ccc(F)cc1F. The number of rotatable bonds is 6. The number of halogens is 3. The number of carbonyl (C=O) groups excluding carboxylic acids is 1. The van der Waals surface area contributed by atoms with E-state index >= 15 is 0 Å². The highest BCUT2D eigenvalue weighted by molar-refractivity contribution is 6.31. The second kappa shape index (κ2) is 8.10. The van der Waals surface area contributed by atoms with Gasteiger partial charge in [0, 0.05) is 41.4 Å². The van der Waals surface area contributed by atoms with Crippen LogP contribution in [0.3, 0.4) is 0 Å². The summed E-state index contributed by atoms with van der Waals surface area (Å²) in [7, 11) is 0. The number of amides is 1. The number of anilines is 1. The van der Waals surface area contributed by atoms with Crippen molar-refractivity contribution in [3.8, 4) is 0 Å². The Morgan fingerprint density at radius 2 is 1.92 bits per heavy atom. The predicted molar refractivity (Wildman–Crippen MR) is 98.6 cm³/mol. The molecule has 0 saturated carbocycles. The first-order valence-corrected chi connectivity index (χ1v) is 8.44. The zero-order valence-electron chi connectivity index (χ0n) is 13.7. The number of aromatic nitrogens is 1. The molecule has 0 radical (unpaired) electrons. The minimum absolute atomic E-state index is 0.170. The monoisotopic (exact) mass is 375 g/mol. The van der Waals surface area contributed by atoms with Gasteiger partial charge in [-0.1, -0.05) is 11.6 Å². The van der Waals surface area contributed by atoms with E-state index in [0.29, 0.717) is 30.6 Å². The lowest BCUT2D eigenvalue weighted by atomic mass is 10.2. The summed E-state index contributed by atoms with van der Waals surface area (Å²) in [6.07, 6.45) is 2.33. The van der Waals surface area contributed by atoms with E-state index in [1.165, 1.54) is 0 Å². The molecule has 1 amide bonds. The van der Waals surface area contributed by atoms with Crippen LogP contribution in [0, 0.1) is 11.6 Å². The smallest absolute Gasteiger partial charge is 0.254 e. The molecule has 0 unspecified atom stereocenters. The zero-order chi connectivity index (χ0) is 18.5. The van der Waals surface area contributed by atoms with Crippen LogP contribution in [0.15, 0.2) is 48.7 Å². The summed E-state index contributed by atoms with van der Waals surface area (Å²) in [5.41, 5.74) is 1.54. The number of carbonyl (C=O) groups is 1. The standard InChI is InChI=1S/C19H16ClF2N3O/c20-12-2-4-15-17(6-9-24-18(15)10-12)23-7-1-8-25-19(26)14-5-3-13(21)11-16(14)22/h2-6,9-11H,1,7-8H2,(H,23,24)(H,25,26). The molecule has 1 aromatic heterocycles. The van der Waals surface area contributed by atoms with Crippen LogP contribution >= 0.6 is 11.6 Å². The fourth-order valence-corrected chi connectivity index (χ4v) is 2.72. The van der Waals surface area contributed by atoms with Crippen LogP contribution in [0.2, 0.25) is 5.02 Å². The fourth-order valence-electron chi connectivity index (χ4n) is 2.56. The normalized spacial score (nSPS) is 10.7. The highest BCUT2D eigenvalue weighted by Crippen LogP contribution is 2.24. The Hall–Kier alpha value is -2.73. The molecule has 26 heavy (non-hydrogen) atoms. The minimum atomic E-state index is -0.873. The van der Waals surface area contributed by atoms with Gasteiger partial charge in [0.15, 0.2) is 0 Å². The lowest BCUT2D eigenvalue weighted by Gasteiger charge is -2.10. The molecule has 7 heteroatoms. The van der Waals surface area contributed by atoms with Crippen molar-refractivity contribution in [1.29, 1.82) is 0 Å². The van der Waals surface area contributed by atoms with Crippen molar-refractivity contribution in [3.63, 3.8) is 0 Å². The van der Waals surface area contributed by atoms with Crippen LogP contribution in [-0.4, -0.2) is 24.0 Å². The maximum atomic E-state index is 13.5. The quantitative estimate of drug-likeness (QED) is 0.628. The summed E-state index contributed by atoms with van der Waals surface area (Å²) in [6.45, 7) is 0.964. The van der Waals surface area contributed by atoms with E-state index in [0.717, 1.165) is 28.7 Å². The molecule has 0 spiro atoms. The van der Waals surface area contributed by atoms with Crippen LogP contribution in [0.1, 0.15) is 16.8 Å². The molecule has 2 N–H and O–H groups in total. The van der Waals surface area contributed by atoms with E-state index in [1.807, 2.05) is 12.1 Å². The van der Waals surface area contributed by atoms with Gasteiger partial charge >= 0.3 is 0 Å². The number of fused-ring (bicyclic) bond motifs is 1. The Labute approximate surface area is 154 Å². The van der Waals surface area contributed by atoms with Crippen LogP contribution in [-0.2, 0) is 0 Å². The lowest BCUT2D eigenvalue weighted by Crippen LogP contribution is -2.26. The Balaban J connectivity index is 1.51. The van der Waals surface area contributed by atoms with Gasteiger partial charge in [-0.05, 0) is 42.8 Å². The van der Waals surface area contributed by atoms with Gasteiger partial charge in [0.2, 0.25) is 0 Å². The summed E-state index contributed by atoms with van der Waals surface area (Å²) in [4.78, 5) is 16.2. The van der Waals surface area contributed by atoms with Crippen molar-refractivity contribution in [2.24, 2.45) is 0 Å². The Morgan fingerprint density at radius 3 is 2.73 bits per heavy atom. The molecule has 0 atom stereocenters. The van der Waals surface area contributed by atoms with Gasteiger partial charge in [0.05, 0.1) is 11.1 Å². The molecule has 0 fully saturated rings. The van der Waals surface area contributed by atoms with Crippen LogP contribution in [0.4, 0.5) is 14.5 Å². The van der Waals surface area contributed by atoms with Crippen molar-refractivity contribution >= 4 is 34.1 Å². The lowest BCUT2D eigenvalue weighted by molar-refractivity contribution is 0.0949. The summed E-state index contributed by atoms with van der Waals surface area (Å²) >= 11 is 5.97. The molecule has 2 aromatic carbocycles. The molecule has 134 valence electrons. The molecular formula is C19H16ClF2N3O. The van der Waals surface area contributed by atoms with Gasteiger partial charge in [-0.2, -0.15) is 0 Å². The summed E-state index contributed by atoms with van der Waals surface area (Å²) in [6, 6.07) is 10.2. The largest absolute Gasteiger partial charge is 0.384 e. The first-order valence-electron chi connectivity index (χ1n) is 8.06. The van der Waals surface area contributed by atoms with Gasteiger partial charge in [-0.25, -0.2) is 8.78 Å². The molecular weight excluding hydrogens is 360 g/mol. The summed E-state index contributed by atoms with van der Waals surface area (Å²) in [5.74, 6) is -2.15. The summed E-state index contributed by atoms with van der Waals surface area (Å²) < 4.78 is 26.4. The molecule has 0 aliphatic rings. The van der Waals surface area contributed by atoms with E-state index in [-0.39, 0.29) is 5.56 Å². The second-order valence-electron chi connectivity index (χ2n) is 5.68. The van der Waals surface area contributed by atoms with Crippen molar-refractivity contribution in [2.45, 2.75) is 6.42 Å². The third kappa shape index (κ3) is 4.26. The minimum Gasteiger partial charge on any atom is -0.384 e. The van der Waals surface area contributed by atoms with Crippen molar-refractivity contribution < 1.29 is 13.6 Å². The van der Waals surface area contributed by atoms with E-state index in [2.05, 4.69) is 15.6 Å². The molecule has 1 heterocycles. The highest BCUT2D eigenvalue weighted by atomic mass is 35.5. The van der Waals surface area contributed by atoms with Crippen molar-refractivity contribution in [1.82, 2.24) is 10.3 Å². The van der Waals surface area contributed by atoms with E-state index < -0.39 is 17.5 Å². The summed E-state index contributed by atoms with van der Waals surface area (Å²) in [5, 5.41) is 7.48. The average Bonchev–Trinajstić information content (AvgIpc) is 2.61. The first-order chi connectivity index (χ1) is 12.5. The molecule has 0 saturated heterocycles. The van der Waals surface area contributed by atoms with Crippen LogP contribution in [0.5, 0.6) is 0 Å². The van der Waals surface area contributed by atoms with Crippen molar-refractivity contribution in [2.75, 3.05) is 18.4 Å². The van der Waals surface area contributed by atoms with Crippen LogP contribution < -0.4 is 10.6 Å². The molecule has 3 rings (SSSR count). The maximum absolute atomic E-state index is 13.5. The number of nitrogens with one attached hydrogen (secondary N) is 2. The molecule has 0 bridgehead atoms. The van der Waals surface area contributed by atoms with E-state index in [9.17, 15) is 13.6 Å². The topological polar surface area (TPSA) is 54.0 Å². The number of hydrogen-bond acceptors (Lipinski definition) is 3. The second-order valence-corrected chi connectivity index (χ2v) is 6.12. The van der Waals surface area contributed by atoms with E-state index in [4.69, 9.17) is 11.6 Å². The number of pyridine rings is 1. The van der Waals surface area contributed by atoms with Crippen molar-refractivity contribution in [3.05, 3.63) is 70.9 Å². The maximum Gasteiger partial charge on any atom is 0.254 e. The zero-order valence-corrected chi connectivity index (χ0v) is 14.5. The van der Waals surface area contributed by atoms with Gasteiger partial charge in [0.25, 0.3) is 5.91 Å². The predicted octanol–water partition coefficient (Wildman–Crippen LogP) is 4.40. The third-order valence-electron chi connectivity index (χ3n) is 3.84. The molecule has 4 nitrogen and oxygen atoms in total. The molecule has 0 aliphatic heterocycles.